The number of aromatic nitrogens is 4. The SMILES string of the molecule is [C-]#[N+]c1ccc2c3ccc(C#N)cc3n(-c3cc(-c4nc(C)nc(C)n4)ccc3C#N)c2c1. The van der Waals surface area contributed by atoms with Crippen LogP contribution in [0.5, 0.6) is 0 Å². The molecule has 5 aromatic rings. The third kappa shape index (κ3) is 3.24. The topological polar surface area (TPSA) is 95.5 Å². The molecule has 0 unspecified atom stereocenters. The van der Waals surface area contributed by atoms with Gasteiger partial charge in [0.2, 0.25) is 0 Å². The molecule has 0 atom stereocenters. The number of nitrogens with zero attached hydrogens (tertiary/aromatic N) is 7. The molecule has 0 aliphatic rings. The van der Waals surface area contributed by atoms with Gasteiger partial charge in [0.1, 0.15) is 17.7 Å². The molecule has 33 heavy (non-hydrogen) atoms. The summed E-state index contributed by atoms with van der Waals surface area (Å²) in [6.45, 7) is 11.1. The summed E-state index contributed by atoms with van der Waals surface area (Å²) in [7, 11) is 0. The van der Waals surface area contributed by atoms with Crippen LogP contribution >= 0.6 is 0 Å². The Balaban J connectivity index is 1.90. The normalized spacial score (nSPS) is 10.6. The number of hydrogen-bond acceptors (Lipinski definition) is 5. The number of hydrogen-bond donors (Lipinski definition) is 0. The van der Waals surface area contributed by atoms with Crippen LogP contribution in [-0.4, -0.2) is 19.5 Å². The third-order valence-corrected chi connectivity index (χ3v) is 5.49. The van der Waals surface area contributed by atoms with E-state index in [0.717, 1.165) is 27.4 Å². The zero-order chi connectivity index (χ0) is 23.1. The summed E-state index contributed by atoms with van der Waals surface area (Å²) in [6.07, 6.45) is 0. The lowest BCUT2D eigenvalue weighted by Gasteiger charge is -2.12. The van der Waals surface area contributed by atoms with Crippen LogP contribution in [0.15, 0.2) is 54.6 Å². The highest BCUT2D eigenvalue weighted by atomic mass is 15.0. The van der Waals surface area contributed by atoms with Crippen LogP contribution < -0.4 is 0 Å². The first-order valence-electron chi connectivity index (χ1n) is 10.1. The smallest absolute Gasteiger partial charge is 0.189 e. The van der Waals surface area contributed by atoms with E-state index in [1.165, 1.54) is 0 Å². The molecule has 0 aliphatic heterocycles. The Labute approximate surface area is 189 Å². The van der Waals surface area contributed by atoms with Crippen LogP contribution in [-0.2, 0) is 0 Å². The van der Waals surface area contributed by atoms with Gasteiger partial charge in [0.15, 0.2) is 11.5 Å². The van der Waals surface area contributed by atoms with Crippen molar-refractivity contribution in [1.82, 2.24) is 19.5 Å². The van der Waals surface area contributed by atoms with Gasteiger partial charge in [0.25, 0.3) is 0 Å². The van der Waals surface area contributed by atoms with Crippen molar-refractivity contribution in [2.45, 2.75) is 13.8 Å². The minimum absolute atomic E-state index is 0.454. The second-order valence-corrected chi connectivity index (χ2v) is 7.59. The average Bonchev–Trinajstić information content (AvgIpc) is 3.15. The van der Waals surface area contributed by atoms with Crippen LogP contribution in [0.3, 0.4) is 0 Å². The molecule has 5 rings (SSSR count). The van der Waals surface area contributed by atoms with E-state index in [1.807, 2.05) is 42.7 Å². The molecule has 0 bridgehead atoms. The van der Waals surface area contributed by atoms with Crippen LogP contribution in [0.2, 0.25) is 0 Å². The molecule has 0 N–H and O–H groups in total. The van der Waals surface area contributed by atoms with Crippen molar-refractivity contribution in [1.29, 1.82) is 10.5 Å². The molecule has 154 valence electrons. The Morgan fingerprint density at radius 2 is 1.52 bits per heavy atom. The Bertz CT molecular complexity index is 1630. The van der Waals surface area contributed by atoms with E-state index < -0.39 is 0 Å². The van der Waals surface area contributed by atoms with Crippen LogP contribution in [0.1, 0.15) is 22.8 Å². The fraction of sp³-hybridized carbons (Fsp3) is 0.0769. The Morgan fingerprint density at radius 1 is 0.818 bits per heavy atom. The highest BCUT2D eigenvalue weighted by molar-refractivity contribution is 6.10. The quantitative estimate of drug-likeness (QED) is 0.346. The van der Waals surface area contributed by atoms with E-state index in [2.05, 4.69) is 31.9 Å². The lowest BCUT2D eigenvalue weighted by Crippen LogP contribution is -2.02. The molecule has 0 aliphatic carbocycles. The van der Waals surface area contributed by atoms with Gasteiger partial charge in [-0.3, -0.25) is 0 Å². The molecule has 0 spiro atoms. The Hall–Kier alpha value is -5.06. The van der Waals surface area contributed by atoms with Crippen molar-refractivity contribution in [3.8, 4) is 29.2 Å². The maximum Gasteiger partial charge on any atom is 0.189 e. The predicted octanol–water partition coefficient (Wildman–Crippen LogP) is 5.55. The molecule has 2 aromatic heterocycles. The van der Waals surface area contributed by atoms with Gasteiger partial charge in [-0.25, -0.2) is 19.8 Å². The summed E-state index contributed by atoms with van der Waals surface area (Å²) in [5.41, 5.74) is 4.39. The zero-order valence-corrected chi connectivity index (χ0v) is 17.8. The number of aryl methyl sites for hydroxylation is 2. The van der Waals surface area contributed by atoms with Crippen LogP contribution in [0.25, 0.3) is 43.7 Å². The third-order valence-electron chi connectivity index (χ3n) is 5.49. The van der Waals surface area contributed by atoms with Gasteiger partial charge < -0.3 is 4.57 Å². The summed E-state index contributed by atoms with van der Waals surface area (Å²) in [6, 6.07) is 20.8. The Morgan fingerprint density at radius 3 is 2.18 bits per heavy atom. The van der Waals surface area contributed by atoms with E-state index in [9.17, 15) is 10.5 Å². The maximum atomic E-state index is 9.91. The van der Waals surface area contributed by atoms with Crippen molar-refractivity contribution in [2.24, 2.45) is 0 Å². The summed E-state index contributed by atoms with van der Waals surface area (Å²) in [4.78, 5) is 16.8. The van der Waals surface area contributed by atoms with Gasteiger partial charge in [-0.05, 0) is 50.2 Å². The van der Waals surface area contributed by atoms with Gasteiger partial charge in [-0.2, -0.15) is 10.5 Å². The monoisotopic (exact) mass is 425 g/mol. The lowest BCUT2D eigenvalue weighted by atomic mass is 10.1. The van der Waals surface area contributed by atoms with E-state index in [-0.39, 0.29) is 0 Å². The first-order valence-corrected chi connectivity index (χ1v) is 10.1. The summed E-state index contributed by atoms with van der Waals surface area (Å²) >= 11 is 0. The largest absolute Gasteiger partial charge is 0.309 e. The zero-order valence-electron chi connectivity index (χ0n) is 17.8. The molecule has 0 radical (unpaired) electrons. The number of nitriles is 2. The minimum Gasteiger partial charge on any atom is -0.309 e. The predicted molar refractivity (Wildman–Crippen MR) is 125 cm³/mol. The van der Waals surface area contributed by atoms with E-state index in [0.29, 0.717) is 40.0 Å². The van der Waals surface area contributed by atoms with Gasteiger partial charge in [0.05, 0.1) is 35.0 Å². The second kappa shape index (κ2) is 7.57. The number of rotatable bonds is 2. The molecule has 0 amide bonds. The number of fused-ring (bicyclic) bond motifs is 3. The molecule has 0 fully saturated rings. The van der Waals surface area contributed by atoms with Crippen molar-refractivity contribution in [2.75, 3.05) is 0 Å². The van der Waals surface area contributed by atoms with Gasteiger partial charge in [-0.15, -0.1) is 0 Å². The molecule has 7 nitrogen and oxygen atoms in total. The molecule has 2 heterocycles. The summed E-state index contributed by atoms with van der Waals surface area (Å²) < 4.78 is 1.93. The van der Waals surface area contributed by atoms with E-state index in [4.69, 9.17) is 6.57 Å². The minimum atomic E-state index is 0.454. The average molecular weight is 425 g/mol. The molecule has 0 saturated carbocycles. The van der Waals surface area contributed by atoms with E-state index >= 15 is 0 Å². The Kier molecular flexibility index (Phi) is 4.56. The van der Waals surface area contributed by atoms with Crippen molar-refractivity contribution >= 4 is 27.5 Å². The summed E-state index contributed by atoms with van der Waals surface area (Å²) in [5.74, 6) is 1.74. The first-order chi connectivity index (χ1) is 16.0. The van der Waals surface area contributed by atoms with Crippen molar-refractivity contribution in [3.05, 3.63) is 88.8 Å². The maximum absolute atomic E-state index is 9.91. The van der Waals surface area contributed by atoms with Crippen LogP contribution in [0.4, 0.5) is 5.69 Å². The van der Waals surface area contributed by atoms with Gasteiger partial charge in [0, 0.05) is 21.9 Å². The number of benzene rings is 3. The highest BCUT2D eigenvalue weighted by Gasteiger charge is 2.17. The van der Waals surface area contributed by atoms with Crippen molar-refractivity contribution in [3.63, 3.8) is 0 Å². The standard InChI is InChI=1S/C26H15N7/c1-15-30-16(2)32-26(31-15)18-5-6-19(14-28)23(11-18)33-24-10-17(13-27)4-8-21(24)22-9-7-20(29-3)12-25(22)33/h4-12H,1-2H3. The molecular weight excluding hydrogens is 410 g/mol. The highest BCUT2D eigenvalue weighted by Crippen LogP contribution is 2.36. The van der Waals surface area contributed by atoms with Crippen molar-refractivity contribution < 1.29 is 0 Å². The fourth-order valence-corrected chi connectivity index (χ4v) is 4.10. The molecule has 7 heteroatoms. The summed E-state index contributed by atoms with van der Waals surface area (Å²) in [5, 5.41) is 21.3. The molecule has 3 aromatic carbocycles. The fourth-order valence-electron chi connectivity index (χ4n) is 4.10. The lowest BCUT2D eigenvalue weighted by molar-refractivity contribution is 0.928. The van der Waals surface area contributed by atoms with Gasteiger partial charge in [-0.1, -0.05) is 18.2 Å². The molecular formula is C26H15N7. The molecule has 0 saturated heterocycles. The first kappa shape index (κ1) is 19.9. The van der Waals surface area contributed by atoms with E-state index in [1.54, 1.807) is 30.3 Å². The van der Waals surface area contributed by atoms with Crippen LogP contribution in [0, 0.1) is 43.1 Å². The van der Waals surface area contributed by atoms with Gasteiger partial charge >= 0.3 is 0 Å². The second-order valence-electron chi connectivity index (χ2n) is 7.59.